The Balaban J connectivity index is 1.84. The highest BCUT2D eigenvalue weighted by molar-refractivity contribution is 7.90. The number of nitrogens with one attached hydrogen (secondary N) is 1. The molecule has 0 aliphatic heterocycles. The van der Waals surface area contributed by atoms with Gasteiger partial charge in [0.2, 0.25) is 0 Å². The summed E-state index contributed by atoms with van der Waals surface area (Å²) in [6.07, 6.45) is 1.05. The van der Waals surface area contributed by atoms with E-state index in [0.717, 1.165) is 16.8 Å². The van der Waals surface area contributed by atoms with Crippen LogP contribution in [0.5, 0.6) is 5.75 Å². The highest BCUT2D eigenvalue weighted by atomic mass is 32.2. The van der Waals surface area contributed by atoms with Crippen LogP contribution in [0.1, 0.15) is 26.7 Å². The van der Waals surface area contributed by atoms with E-state index in [4.69, 9.17) is 9.15 Å². The molecule has 2 N–H and O–H groups in total. The topological polar surface area (TPSA) is 119 Å². The Labute approximate surface area is 172 Å². The maximum Gasteiger partial charge on any atom is 0.255 e. The Morgan fingerprint density at radius 3 is 2.76 bits per heavy atom. The van der Waals surface area contributed by atoms with Gasteiger partial charge in [-0.3, -0.25) is 4.79 Å². The van der Waals surface area contributed by atoms with Gasteiger partial charge in [-0.1, -0.05) is 0 Å². The summed E-state index contributed by atoms with van der Waals surface area (Å²) in [5.41, 5.74) is 3.47. The van der Waals surface area contributed by atoms with Crippen LogP contribution in [0.15, 0.2) is 28.1 Å². The summed E-state index contributed by atoms with van der Waals surface area (Å²) in [5.74, 6) is 0.0884. The first-order valence-electron chi connectivity index (χ1n) is 8.82. The number of nitrogens with zero attached hydrogens (tertiary/aromatic N) is 1. The third-order valence-corrected chi connectivity index (χ3v) is 6.25. The van der Waals surface area contributed by atoms with Crippen LogP contribution >= 0.6 is 11.3 Å². The first-order chi connectivity index (χ1) is 13.7. The molecule has 0 bridgehead atoms. The number of carbonyl (C=O) groups excluding carboxylic acids is 1. The minimum Gasteiger partial charge on any atom is -0.488 e. The van der Waals surface area contributed by atoms with E-state index in [1.807, 2.05) is 6.92 Å². The smallest absolute Gasteiger partial charge is 0.255 e. The van der Waals surface area contributed by atoms with Crippen LogP contribution in [-0.4, -0.2) is 49.1 Å². The van der Waals surface area contributed by atoms with Crippen LogP contribution in [0.25, 0.3) is 11.0 Å². The molecule has 0 saturated heterocycles. The third-order valence-electron chi connectivity index (χ3n) is 4.34. The van der Waals surface area contributed by atoms with E-state index < -0.39 is 28.4 Å². The van der Waals surface area contributed by atoms with E-state index in [1.165, 1.54) is 11.3 Å². The molecule has 3 rings (SSSR count). The lowest BCUT2D eigenvalue weighted by molar-refractivity contribution is 0.0923. The molecule has 0 spiro atoms. The van der Waals surface area contributed by atoms with E-state index in [0.29, 0.717) is 29.1 Å². The number of furan rings is 1. The lowest BCUT2D eigenvalue weighted by Crippen LogP contribution is -2.42. The van der Waals surface area contributed by atoms with Gasteiger partial charge < -0.3 is 19.6 Å². The SMILES string of the molecule is Cc1ncsc1COc1ccc2oc(C)c(C(=O)N[C@H](CO)CS(C)(=O)=O)c2c1. The second-order valence-electron chi connectivity index (χ2n) is 6.79. The van der Waals surface area contributed by atoms with Crippen molar-refractivity contribution in [2.24, 2.45) is 0 Å². The second kappa shape index (κ2) is 8.52. The lowest BCUT2D eigenvalue weighted by Gasteiger charge is -2.15. The van der Waals surface area contributed by atoms with Gasteiger partial charge in [-0.2, -0.15) is 0 Å². The largest absolute Gasteiger partial charge is 0.488 e. The number of hydrogen-bond acceptors (Lipinski definition) is 8. The predicted molar refractivity (Wildman–Crippen MR) is 110 cm³/mol. The molecule has 29 heavy (non-hydrogen) atoms. The molecule has 2 heterocycles. The van der Waals surface area contributed by atoms with E-state index in [2.05, 4.69) is 10.3 Å². The van der Waals surface area contributed by atoms with Gasteiger partial charge in [0.15, 0.2) is 0 Å². The first-order valence-corrected chi connectivity index (χ1v) is 11.8. The van der Waals surface area contributed by atoms with Crippen molar-refractivity contribution in [3.63, 3.8) is 0 Å². The fraction of sp³-hybridized carbons (Fsp3) is 0.368. The summed E-state index contributed by atoms with van der Waals surface area (Å²) in [4.78, 5) is 18.0. The average molecular weight is 439 g/mol. The van der Waals surface area contributed by atoms with Gasteiger partial charge in [0.1, 0.15) is 33.5 Å². The Morgan fingerprint density at radius 1 is 1.38 bits per heavy atom. The first kappa shape index (κ1) is 21.3. The van der Waals surface area contributed by atoms with Crippen molar-refractivity contribution < 1.29 is 27.5 Å². The van der Waals surface area contributed by atoms with Crippen molar-refractivity contribution in [3.8, 4) is 5.75 Å². The van der Waals surface area contributed by atoms with Crippen LogP contribution in [0, 0.1) is 13.8 Å². The van der Waals surface area contributed by atoms with Crippen molar-refractivity contribution >= 4 is 38.1 Å². The molecule has 0 unspecified atom stereocenters. The average Bonchev–Trinajstić information content (AvgIpc) is 3.19. The van der Waals surface area contributed by atoms with Crippen LogP contribution in [0.3, 0.4) is 0 Å². The number of aliphatic hydroxyl groups excluding tert-OH is 1. The summed E-state index contributed by atoms with van der Waals surface area (Å²) in [7, 11) is -3.36. The monoisotopic (exact) mass is 438 g/mol. The number of sulfone groups is 1. The summed E-state index contributed by atoms with van der Waals surface area (Å²) >= 11 is 1.51. The Kier molecular flexibility index (Phi) is 6.25. The van der Waals surface area contributed by atoms with Crippen molar-refractivity contribution in [2.75, 3.05) is 18.6 Å². The third kappa shape index (κ3) is 5.14. The van der Waals surface area contributed by atoms with Crippen LogP contribution < -0.4 is 10.1 Å². The van der Waals surface area contributed by atoms with Gasteiger partial charge in [-0.25, -0.2) is 13.4 Å². The summed E-state index contributed by atoms with van der Waals surface area (Å²) in [5, 5.41) is 12.5. The lowest BCUT2D eigenvalue weighted by atomic mass is 10.1. The number of fused-ring (bicyclic) bond motifs is 1. The number of aromatic nitrogens is 1. The molecular formula is C19H22N2O6S2. The fourth-order valence-corrected chi connectivity index (χ4v) is 4.56. The van der Waals surface area contributed by atoms with Crippen molar-refractivity contribution in [3.05, 3.63) is 45.6 Å². The van der Waals surface area contributed by atoms with Crippen molar-refractivity contribution in [1.82, 2.24) is 10.3 Å². The van der Waals surface area contributed by atoms with E-state index in [-0.39, 0.29) is 11.3 Å². The molecule has 1 atom stereocenters. The highest BCUT2D eigenvalue weighted by Gasteiger charge is 2.23. The second-order valence-corrected chi connectivity index (χ2v) is 9.91. The normalized spacial score (nSPS) is 12.8. The predicted octanol–water partition coefficient (Wildman–Crippen LogP) is 2.22. The van der Waals surface area contributed by atoms with Gasteiger partial charge in [0.05, 0.1) is 40.0 Å². The van der Waals surface area contributed by atoms with Gasteiger partial charge in [-0.15, -0.1) is 11.3 Å². The maximum absolute atomic E-state index is 12.8. The molecule has 0 saturated carbocycles. The molecule has 0 radical (unpaired) electrons. The molecule has 3 aromatic rings. The molecule has 1 amide bonds. The number of aliphatic hydroxyl groups is 1. The zero-order valence-electron chi connectivity index (χ0n) is 16.3. The highest BCUT2D eigenvalue weighted by Crippen LogP contribution is 2.30. The van der Waals surface area contributed by atoms with Gasteiger partial charge in [-0.05, 0) is 32.0 Å². The number of amides is 1. The van der Waals surface area contributed by atoms with Crippen molar-refractivity contribution in [2.45, 2.75) is 26.5 Å². The quantitative estimate of drug-likeness (QED) is 0.553. The van der Waals surface area contributed by atoms with Crippen molar-refractivity contribution in [1.29, 1.82) is 0 Å². The number of ether oxygens (including phenoxy) is 1. The van der Waals surface area contributed by atoms with E-state index in [9.17, 15) is 18.3 Å². The van der Waals surface area contributed by atoms with E-state index >= 15 is 0 Å². The molecule has 0 fully saturated rings. The molecular weight excluding hydrogens is 416 g/mol. The number of carbonyl (C=O) groups is 1. The zero-order chi connectivity index (χ0) is 21.2. The van der Waals surface area contributed by atoms with Gasteiger partial charge in [0, 0.05) is 11.6 Å². The molecule has 8 nitrogen and oxygen atoms in total. The molecule has 0 aliphatic rings. The minimum atomic E-state index is -3.36. The maximum atomic E-state index is 12.8. The number of thiazole rings is 1. The van der Waals surface area contributed by atoms with Crippen LogP contribution in [-0.2, 0) is 16.4 Å². The Bertz CT molecular complexity index is 1130. The number of rotatable bonds is 8. The van der Waals surface area contributed by atoms with Gasteiger partial charge >= 0.3 is 0 Å². The molecule has 2 aromatic heterocycles. The molecule has 10 heteroatoms. The molecule has 1 aromatic carbocycles. The number of aryl methyl sites for hydroxylation is 2. The number of hydrogen-bond donors (Lipinski definition) is 2. The summed E-state index contributed by atoms with van der Waals surface area (Å²) in [6, 6.07) is 4.27. The summed E-state index contributed by atoms with van der Waals surface area (Å²) < 4.78 is 34.5. The minimum absolute atomic E-state index is 0.284. The Morgan fingerprint density at radius 2 is 2.14 bits per heavy atom. The fourth-order valence-electron chi connectivity index (χ4n) is 2.95. The summed E-state index contributed by atoms with van der Waals surface area (Å²) in [6.45, 7) is 3.44. The zero-order valence-corrected chi connectivity index (χ0v) is 17.9. The van der Waals surface area contributed by atoms with Crippen LogP contribution in [0.4, 0.5) is 0 Å². The Hall–Kier alpha value is -2.43. The standard InChI is InChI=1S/C19H22N2O6S2/c1-11-17(28-10-20-11)8-26-14-4-5-16-15(6-14)18(12(2)27-16)19(23)21-13(7-22)9-29(3,24)25/h4-6,10,13,22H,7-9H2,1-3H3,(H,21,23)/t13-/m1/s1. The van der Waals surface area contributed by atoms with Crippen LogP contribution in [0.2, 0.25) is 0 Å². The van der Waals surface area contributed by atoms with Gasteiger partial charge in [0.25, 0.3) is 5.91 Å². The molecule has 0 aliphatic carbocycles. The molecule has 156 valence electrons. The number of benzene rings is 1. The van der Waals surface area contributed by atoms with E-state index in [1.54, 1.807) is 30.6 Å².